The second kappa shape index (κ2) is 8.49. The highest BCUT2D eigenvalue weighted by Gasteiger charge is 2.30. The smallest absolute Gasteiger partial charge is 0.270 e. The van der Waals surface area contributed by atoms with Crippen LogP contribution in [0, 0.1) is 0 Å². The highest BCUT2D eigenvalue weighted by molar-refractivity contribution is 7.98. The predicted octanol–water partition coefficient (Wildman–Crippen LogP) is 6.29. The lowest BCUT2D eigenvalue weighted by Gasteiger charge is -2.11. The monoisotopic (exact) mass is 446 g/mol. The third-order valence-electron chi connectivity index (χ3n) is 4.28. The molecule has 0 aliphatic heterocycles. The van der Waals surface area contributed by atoms with E-state index in [0.717, 1.165) is 23.4 Å². The fourth-order valence-electron chi connectivity index (χ4n) is 2.86. The fourth-order valence-corrected chi connectivity index (χ4v) is 3.88. The van der Waals surface area contributed by atoms with Crippen molar-refractivity contribution < 1.29 is 13.2 Å². The molecule has 0 bridgehead atoms. The van der Waals surface area contributed by atoms with Crippen LogP contribution in [-0.4, -0.2) is 19.7 Å². The van der Waals surface area contributed by atoms with Crippen molar-refractivity contribution in [3.63, 3.8) is 0 Å². The molecule has 30 heavy (non-hydrogen) atoms. The first kappa shape index (κ1) is 20.4. The number of nitrogens with zero attached hydrogens (tertiary/aromatic N) is 4. The summed E-state index contributed by atoms with van der Waals surface area (Å²) in [5, 5.41) is 9.73. The van der Waals surface area contributed by atoms with E-state index in [2.05, 4.69) is 15.2 Å². The van der Waals surface area contributed by atoms with Crippen molar-refractivity contribution >= 4 is 23.4 Å². The zero-order valence-electron chi connectivity index (χ0n) is 15.3. The van der Waals surface area contributed by atoms with Crippen LogP contribution < -0.4 is 0 Å². The van der Waals surface area contributed by atoms with E-state index in [1.54, 1.807) is 30.6 Å². The maximum Gasteiger partial charge on any atom is 0.416 e. The molecule has 2 aromatic carbocycles. The molecule has 9 heteroatoms. The molecule has 0 aliphatic carbocycles. The molecule has 152 valence electrons. The molecule has 0 unspecified atom stereocenters. The van der Waals surface area contributed by atoms with Crippen molar-refractivity contribution in [2.75, 3.05) is 0 Å². The average molecular weight is 447 g/mol. The minimum atomic E-state index is -4.38. The molecule has 0 N–H and O–H groups in total. The van der Waals surface area contributed by atoms with Gasteiger partial charge in [-0.15, -0.1) is 10.2 Å². The minimum absolute atomic E-state index is 0.311. The quantitative estimate of drug-likeness (QED) is 0.338. The van der Waals surface area contributed by atoms with E-state index in [4.69, 9.17) is 11.6 Å². The maximum atomic E-state index is 13.0. The molecule has 0 fully saturated rings. The standard InChI is InChI=1S/C21H14ClF3N4S/c22-17-4-6-18(7-5-17)29-19(15-8-10-26-11-9-15)27-28-20(29)30-13-14-2-1-3-16(12-14)21(23,24)25/h1-12H,13H2. The molecule has 0 spiro atoms. The molecule has 0 atom stereocenters. The Morgan fingerprint density at radius 2 is 1.67 bits per heavy atom. The van der Waals surface area contributed by atoms with Gasteiger partial charge in [0, 0.05) is 34.4 Å². The van der Waals surface area contributed by atoms with Gasteiger partial charge in [-0.05, 0) is 48.0 Å². The first-order chi connectivity index (χ1) is 14.4. The highest BCUT2D eigenvalue weighted by Crippen LogP contribution is 2.33. The van der Waals surface area contributed by atoms with Gasteiger partial charge in [-0.1, -0.05) is 41.6 Å². The largest absolute Gasteiger partial charge is 0.416 e. The lowest BCUT2D eigenvalue weighted by Crippen LogP contribution is -2.05. The maximum absolute atomic E-state index is 13.0. The van der Waals surface area contributed by atoms with Gasteiger partial charge < -0.3 is 0 Å². The number of halogens is 4. The van der Waals surface area contributed by atoms with Gasteiger partial charge in [-0.3, -0.25) is 9.55 Å². The van der Waals surface area contributed by atoms with Crippen LogP contribution in [0.5, 0.6) is 0 Å². The van der Waals surface area contributed by atoms with Gasteiger partial charge in [-0.2, -0.15) is 13.2 Å². The summed E-state index contributed by atoms with van der Waals surface area (Å²) >= 11 is 7.32. The number of pyridine rings is 1. The fraction of sp³-hybridized carbons (Fsp3) is 0.0952. The molecule has 0 saturated heterocycles. The van der Waals surface area contributed by atoms with Crippen LogP contribution in [0.15, 0.2) is 78.2 Å². The van der Waals surface area contributed by atoms with Crippen molar-refractivity contribution in [1.82, 2.24) is 19.7 Å². The number of thioether (sulfide) groups is 1. The van der Waals surface area contributed by atoms with Crippen LogP contribution in [-0.2, 0) is 11.9 Å². The van der Waals surface area contributed by atoms with Crippen LogP contribution in [0.2, 0.25) is 5.02 Å². The molecule has 0 radical (unpaired) electrons. The van der Waals surface area contributed by atoms with Gasteiger partial charge in [0.05, 0.1) is 5.56 Å². The Balaban J connectivity index is 1.69. The summed E-state index contributed by atoms with van der Waals surface area (Å²) in [6, 6.07) is 16.1. The Morgan fingerprint density at radius 1 is 0.933 bits per heavy atom. The molecule has 4 aromatic rings. The van der Waals surface area contributed by atoms with Gasteiger partial charge in [0.15, 0.2) is 11.0 Å². The van der Waals surface area contributed by atoms with E-state index in [9.17, 15) is 13.2 Å². The van der Waals surface area contributed by atoms with Crippen molar-refractivity contribution in [2.24, 2.45) is 0 Å². The molecule has 2 aromatic heterocycles. The molecule has 4 rings (SSSR count). The van der Waals surface area contributed by atoms with Crippen molar-refractivity contribution in [1.29, 1.82) is 0 Å². The van der Waals surface area contributed by atoms with E-state index in [0.29, 0.717) is 27.3 Å². The third kappa shape index (κ3) is 4.49. The van der Waals surface area contributed by atoms with Crippen molar-refractivity contribution in [2.45, 2.75) is 17.1 Å². The average Bonchev–Trinajstić information content (AvgIpc) is 3.17. The summed E-state index contributed by atoms with van der Waals surface area (Å²) in [6.45, 7) is 0. The van der Waals surface area contributed by atoms with Gasteiger partial charge in [0.2, 0.25) is 0 Å². The van der Waals surface area contributed by atoms with Gasteiger partial charge in [0.1, 0.15) is 0 Å². The van der Waals surface area contributed by atoms with Gasteiger partial charge >= 0.3 is 6.18 Å². The van der Waals surface area contributed by atoms with Gasteiger partial charge in [-0.25, -0.2) is 0 Å². The number of hydrogen-bond donors (Lipinski definition) is 0. The Kier molecular flexibility index (Phi) is 5.78. The summed E-state index contributed by atoms with van der Waals surface area (Å²) in [5.41, 5.74) is 1.49. The van der Waals surface area contributed by atoms with E-state index in [1.165, 1.54) is 17.8 Å². The first-order valence-electron chi connectivity index (χ1n) is 8.82. The molecular formula is C21H14ClF3N4S. The topological polar surface area (TPSA) is 43.6 Å². The Bertz CT molecular complexity index is 1150. The zero-order chi connectivity index (χ0) is 21.1. The lowest BCUT2D eigenvalue weighted by atomic mass is 10.1. The van der Waals surface area contributed by atoms with E-state index >= 15 is 0 Å². The summed E-state index contributed by atoms with van der Waals surface area (Å²) in [5.74, 6) is 0.915. The molecule has 0 amide bonds. The van der Waals surface area contributed by atoms with Crippen LogP contribution in [0.1, 0.15) is 11.1 Å². The Labute approximate surface area is 179 Å². The normalized spacial score (nSPS) is 11.6. The minimum Gasteiger partial charge on any atom is -0.270 e. The van der Waals surface area contributed by atoms with Gasteiger partial charge in [0.25, 0.3) is 0 Å². The molecule has 0 aliphatic rings. The van der Waals surface area contributed by atoms with E-state index < -0.39 is 11.7 Å². The predicted molar refractivity (Wildman–Crippen MR) is 111 cm³/mol. The zero-order valence-corrected chi connectivity index (χ0v) is 16.9. The van der Waals surface area contributed by atoms with Crippen molar-refractivity contribution in [3.05, 3.63) is 89.2 Å². The van der Waals surface area contributed by atoms with Crippen LogP contribution >= 0.6 is 23.4 Å². The SMILES string of the molecule is FC(F)(F)c1cccc(CSc2nnc(-c3ccncc3)n2-c2ccc(Cl)cc2)c1. The number of alkyl halides is 3. The number of rotatable bonds is 5. The van der Waals surface area contributed by atoms with Crippen LogP contribution in [0.3, 0.4) is 0 Å². The Morgan fingerprint density at radius 3 is 2.37 bits per heavy atom. The second-order valence-electron chi connectivity index (χ2n) is 6.34. The van der Waals surface area contributed by atoms with Crippen molar-refractivity contribution in [3.8, 4) is 17.1 Å². The van der Waals surface area contributed by atoms with Crippen LogP contribution in [0.25, 0.3) is 17.1 Å². The number of benzene rings is 2. The molecular weight excluding hydrogens is 433 g/mol. The number of hydrogen-bond acceptors (Lipinski definition) is 4. The van der Waals surface area contributed by atoms with E-state index in [1.807, 2.05) is 28.8 Å². The highest BCUT2D eigenvalue weighted by atomic mass is 35.5. The summed E-state index contributed by atoms with van der Waals surface area (Å²) in [7, 11) is 0. The first-order valence-corrected chi connectivity index (χ1v) is 10.2. The summed E-state index contributed by atoms with van der Waals surface area (Å²) in [6.07, 6.45) is -1.06. The lowest BCUT2D eigenvalue weighted by molar-refractivity contribution is -0.137. The summed E-state index contributed by atoms with van der Waals surface area (Å²) < 4.78 is 40.8. The molecule has 0 saturated carbocycles. The van der Waals surface area contributed by atoms with Crippen LogP contribution in [0.4, 0.5) is 13.2 Å². The molecule has 2 heterocycles. The second-order valence-corrected chi connectivity index (χ2v) is 7.72. The van der Waals surface area contributed by atoms with E-state index in [-0.39, 0.29) is 0 Å². The Hall–Kier alpha value is -2.84. The molecule has 4 nitrogen and oxygen atoms in total. The number of aromatic nitrogens is 4. The third-order valence-corrected chi connectivity index (χ3v) is 5.53. The summed E-state index contributed by atoms with van der Waals surface area (Å²) in [4.78, 5) is 4.02.